The van der Waals surface area contributed by atoms with Crippen molar-refractivity contribution in [3.05, 3.63) is 36.0 Å². The Morgan fingerprint density at radius 2 is 2.15 bits per heavy atom. The number of rotatable bonds is 1. The Hall–Kier alpha value is -1.77. The van der Waals surface area contributed by atoms with E-state index in [4.69, 9.17) is 0 Å². The van der Waals surface area contributed by atoms with Gasteiger partial charge in [-0.05, 0) is 6.07 Å². The second kappa shape index (κ2) is 2.62. The first kappa shape index (κ1) is 7.86. The standard InChI is InChI=1S/C10H9NO2/c1-11-6-5-7-3-2-4-8(9(7)11)10(12)13/h2-6H,1H3,(H,12,13)/p-1. The van der Waals surface area contributed by atoms with E-state index in [2.05, 4.69) is 0 Å². The Morgan fingerprint density at radius 1 is 1.38 bits per heavy atom. The number of carboxylic acid groups (broad SMARTS) is 1. The zero-order valence-corrected chi connectivity index (χ0v) is 7.15. The Bertz CT molecular complexity index is 471. The molecule has 0 atom stereocenters. The summed E-state index contributed by atoms with van der Waals surface area (Å²) in [7, 11) is 1.81. The predicted octanol–water partition coefficient (Wildman–Crippen LogP) is 0.542. The average Bonchev–Trinajstić information content (AvgIpc) is 2.48. The van der Waals surface area contributed by atoms with Crippen LogP contribution in [0.2, 0.25) is 0 Å². The van der Waals surface area contributed by atoms with Gasteiger partial charge < -0.3 is 14.5 Å². The number of nitrogens with zero attached hydrogens (tertiary/aromatic N) is 1. The van der Waals surface area contributed by atoms with Gasteiger partial charge in [0.05, 0.1) is 11.5 Å². The van der Waals surface area contributed by atoms with Crippen LogP contribution in [0.5, 0.6) is 0 Å². The second-order valence-electron chi connectivity index (χ2n) is 2.96. The fraction of sp³-hybridized carbons (Fsp3) is 0.100. The number of benzene rings is 1. The summed E-state index contributed by atoms with van der Waals surface area (Å²) >= 11 is 0. The maximum atomic E-state index is 10.7. The Labute approximate surface area is 75.2 Å². The van der Waals surface area contributed by atoms with E-state index in [0.717, 1.165) is 5.39 Å². The Morgan fingerprint density at radius 3 is 2.85 bits per heavy atom. The van der Waals surface area contributed by atoms with Gasteiger partial charge in [0, 0.05) is 24.2 Å². The van der Waals surface area contributed by atoms with Crippen molar-refractivity contribution in [1.82, 2.24) is 4.57 Å². The van der Waals surface area contributed by atoms with Gasteiger partial charge in [-0.25, -0.2) is 0 Å². The summed E-state index contributed by atoms with van der Waals surface area (Å²) in [6.07, 6.45) is 1.83. The molecule has 0 unspecified atom stereocenters. The van der Waals surface area contributed by atoms with Crippen LogP contribution in [0.15, 0.2) is 30.5 Å². The highest BCUT2D eigenvalue weighted by Crippen LogP contribution is 2.18. The van der Waals surface area contributed by atoms with Crippen molar-refractivity contribution in [1.29, 1.82) is 0 Å². The molecule has 0 fully saturated rings. The molecule has 66 valence electrons. The minimum absolute atomic E-state index is 0.241. The summed E-state index contributed by atoms with van der Waals surface area (Å²) in [5, 5.41) is 11.7. The maximum absolute atomic E-state index is 10.7. The summed E-state index contributed by atoms with van der Waals surface area (Å²) in [5.74, 6) is -1.13. The summed E-state index contributed by atoms with van der Waals surface area (Å²) in [4.78, 5) is 10.7. The van der Waals surface area contributed by atoms with Crippen molar-refractivity contribution < 1.29 is 9.90 Å². The van der Waals surface area contributed by atoms with Crippen LogP contribution in [0, 0.1) is 0 Å². The number of para-hydroxylation sites is 1. The van der Waals surface area contributed by atoms with Crippen LogP contribution >= 0.6 is 0 Å². The van der Waals surface area contributed by atoms with E-state index in [-0.39, 0.29) is 5.56 Å². The molecule has 3 heteroatoms. The lowest BCUT2D eigenvalue weighted by atomic mass is 10.1. The summed E-state index contributed by atoms with van der Waals surface area (Å²) < 4.78 is 1.78. The fourth-order valence-corrected chi connectivity index (χ4v) is 1.52. The summed E-state index contributed by atoms with van der Waals surface area (Å²) in [6, 6.07) is 7.02. The van der Waals surface area contributed by atoms with Gasteiger partial charge >= 0.3 is 0 Å². The molecule has 0 amide bonds. The van der Waals surface area contributed by atoms with Crippen LogP contribution in [-0.2, 0) is 7.05 Å². The van der Waals surface area contributed by atoms with Gasteiger partial charge in [0.1, 0.15) is 0 Å². The van der Waals surface area contributed by atoms with Gasteiger partial charge in [-0.15, -0.1) is 0 Å². The third-order valence-corrected chi connectivity index (χ3v) is 2.12. The van der Waals surface area contributed by atoms with Gasteiger partial charge in [0.2, 0.25) is 0 Å². The topological polar surface area (TPSA) is 45.1 Å². The van der Waals surface area contributed by atoms with Crippen LogP contribution in [-0.4, -0.2) is 10.5 Å². The highest BCUT2D eigenvalue weighted by atomic mass is 16.4. The van der Waals surface area contributed by atoms with E-state index >= 15 is 0 Å². The number of carbonyl (C=O) groups is 1. The Balaban J connectivity index is 2.88. The molecular weight excluding hydrogens is 166 g/mol. The number of hydrogen-bond acceptors (Lipinski definition) is 2. The van der Waals surface area contributed by atoms with E-state index in [1.54, 1.807) is 16.7 Å². The van der Waals surface area contributed by atoms with E-state index < -0.39 is 5.97 Å². The molecule has 2 aromatic rings. The lowest BCUT2D eigenvalue weighted by Crippen LogP contribution is -2.22. The molecule has 1 aromatic carbocycles. The van der Waals surface area contributed by atoms with Crippen molar-refractivity contribution >= 4 is 16.9 Å². The monoisotopic (exact) mass is 174 g/mol. The molecule has 1 heterocycles. The van der Waals surface area contributed by atoms with E-state index in [1.807, 2.05) is 25.4 Å². The molecule has 0 radical (unpaired) electrons. The molecule has 0 saturated heterocycles. The number of carboxylic acids is 1. The highest BCUT2D eigenvalue weighted by Gasteiger charge is 2.03. The van der Waals surface area contributed by atoms with Crippen molar-refractivity contribution in [3.8, 4) is 0 Å². The van der Waals surface area contributed by atoms with Crippen molar-refractivity contribution in [2.75, 3.05) is 0 Å². The zero-order chi connectivity index (χ0) is 9.42. The third-order valence-electron chi connectivity index (χ3n) is 2.12. The van der Waals surface area contributed by atoms with Gasteiger partial charge in [0.25, 0.3) is 0 Å². The Kier molecular flexibility index (Phi) is 1.59. The largest absolute Gasteiger partial charge is 0.545 e. The quantitative estimate of drug-likeness (QED) is 0.633. The number of hydrogen-bond donors (Lipinski definition) is 0. The number of carbonyl (C=O) groups excluding carboxylic acids is 1. The molecule has 0 aliphatic heterocycles. The molecule has 0 bridgehead atoms. The molecule has 13 heavy (non-hydrogen) atoms. The lowest BCUT2D eigenvalue weighted by Gasteiger charge is -2.06. The second-order valence-corrected chi connectivity index (χ2v) is 2.96. The first-order valence-electron chi connectivity index (χ1n) is 3.95. The van der Waals surface area contributed by atoms with Gasteiger partial charge in [-0.3, -0.25) is 0 Å². The zero-order valence-electron chi connectivity index (χ0n) is 7.15. The molecule has 0 spiro atoms. The lowest BCUT2D eigenvalue weighted by molar-refractivity contribution is -0.254. The van der Waals surface area contributed by atoms with Crippen LogP contribution in [0.1, 0.15) is 10.4 Å². The first-order chi connectivity index (χ1) is 6.20. The number of aromatic nitrogens is 1. The molecule has 0 saturated carbocycles. The van der Waals surface area contributed by atoms with E-state index in [9.17, 15) is 9.90 Å². The van der Waals surface area contributed by atoms with Gasteiger partial charge in [-0.2, -0.15) is 0 Å². The van der Waals surface area contributed by atoms with Crippen LogP contribution in [0.25, 0.3) is 10.9 Å². The average molecular weight is 174 g/mol. The molecule has 1 aromatic heterocycles. The normalized spacial score (nSPS) is 10.5. The fourth-order valence-electron chi connectivity index (χ4n) is 1.52. The number of aromatic carboxylic acids is 1. The molecule has 0 N–H and O–H groups in total. The molecule has 3 nitrogen and oxygen atoms in total. The van der Waals surface area contributed by atoms with E-state index in [1.165, 1.54) is 0 Å². The molecular formula is C10H8NO2-. The smallest absolute Gasteiger partial charge is 0.0736 e. The number of fused-ring (bicyclic) bond motifs is 1. The van der Waals surface area contributed by atoms with E-state index in [0.29, 0.717) is 5.52 Å². The summed E-state index contributed by atoms with van der Waals surface area (Å²) in [6.45, 7) is 0. The number of aryl methyl sites for hydroxylation is 1. The third kappa shape index (κ3) is 1.09. The van der Waals surface area contributed by atoms with Crippen LogP contribution in [0.4, 0.5) is 0 Å². The minimum Gasteiger partial charge on any atom is -0.545 e. The SMILES string of the molecule is Cn1ccc2cccc(C(=O)[O-])c21. The van der Waals surface area contributed by atoms with Crippen molar-refractivity contribution in [2.45, 2.75) is 0 Å². The van der Waals surface area contributed by atoms with Gasteiger partial charge in [0.15, 0.2) is 0 Å². The van der Waals surface area contributed by atoms with Crippen LogP contribution < -0.4 is 5.11 Å². The highest BCUT2D eigenvalue weighted by molar-refractivity contribution is 6.01. The summed E-state index contributed by atoms with van der Waals surface area (Å²) in [5.41, 5.74) is 0.951. The van der Waals surface area contributed by atoms with Crippen molar-refractivity contribution in [2.24, 2.45) is 7.05 Å². The van der Waals surface area contributed by atoms with Gasteiger partial charge in [-0.1, -0.05) is 18.2 Å². The molecule has 0 aliphatic carbocycles. The van der Waals surface area contributed by atoms with Crippen LogP contribution in [0.3, 0.4) is 0 Å². The first-order valence-corrected chi connectivity index (χ1v) is 3.95. The molecule has 2 rings (SSSR count). The minimum atomic E-state index is -1.13. The predicted molar refractivity (Wildman–Crippen MR) is 47.2 cm³/mol. The molecule has 0 aliphatic rings. The van der Waals surface area contributed by atoms with Crippen molar-refractivity contribution in [3.63, 3.8) is 0 Å². The maximum Gasteiger partial charge on any atom is 0.0736 e.